The third-order valence-electron chi connectivity index (χ3n) is 4.84. The molecule has 28 heavy (non-hydrogen) atoms. The van der Waals surface area contributed by atoms with Crippen LogP contribution in [-0.4, -0.2) is 54.0 Å². The molecule has 1 N–H and O–H groups in total. The van der Waals surface area contributed by atoms with Crippen molar-refractivity contribution in [1.29, 1.82) is 5.26 Å². The van der Waals surface area contributed by atoms with Crippen molar-refractivity contribution in [2.45, 2.75) is 6.54 Å². The van der Waals surface area contributed by atoms with Crippen LogP contribution in [0, 0.1) is 11.3 Å². The van der Waals surface area contributed by atoms with Crippen LogP contribution in [0.2, 0.25) is 0 Å². The van der Waals surface area contributed by atoms with E-state index in [1.807, 2.05) is 24.3 Å². The Morgan fingerprint density at radius 3 is 2.36 bits per heavy atom. The molecule has 0 radical (unpaired) electrons. The number of carbonyl (C=O) groups is 1. The molecule has 0 spiro atoms. The monoisotopic (exact) mass is 376 g/mol. The Balaban J connectivity index is 1.59. The van der Waals surface area contributed by atoms with Gasteiger partial charge in [-0.1, -0.05) is 30.3 Å². The van der Waals surface area contributed by atoms with Crippen molar-refractivity contribution in [3.05, 3.63) is 71.9 Å². The molecule has 1 fully saturated rings. The minimum Gasteiger partial charge on any atom is -0.508 e. The number of anilines is 1. The van der Waals surface area contributed by atoms with Crippen molar-refractivity contribution in [2.24, 2.45) is 0 Å². The maximum Gasteiger partial charge on any atom is 0.266 e. The Labute approximate surface area is 165 Å². The highest BCUT2D eigenvalue weighted by Crippen LogP contribution is 2.19. The minimum atomic E-state index is -0.243. The minimum absolute atomic E-state index is 0.104. The van der Waals surface area contributed by atoms with Crippen LogP contribution in [0.15, 0.2) is 66.4 Å². The number of hydrogen-bond donors (Lipinski definition) is 1. The molecule has 0 unspecified atom stereocenters. The number of piperazine rings is 1. The van der Waals surface area contributed by atoms with E-state index in [0.717, 1.165) is 25.3 Å². The van der Waals surface area contributed by atoms with E-state index in [4.69, 9.17) is 0 Å². The first-order chi connectivity index (χ1) is 13.6. The first kappa shape index (κ1) is 19.5. The molecule has 0 aliphatic carbocycles. The number of nitriles is 1. The van der Waals surface area contributed by atoms with Gasteiger partial charge < -0.3 is 14.9 Å². The van der Waals surface area contributed by atoms with E-state index in [-0.39, 0.29) is 17.2 Å². The van der Waals surface area contributed by atoms with Gasteiger partial charge in [0, 0.05) is 51.7 Å². The van der Waals surface area contributed by atoms with Crippen molar-refractivity contribution in [3.63, 3.8) is 0 Å². The second-order valence-electron chi connectivity index (χ2n) is 6.84. The Hall–Kier alpha value is -3.30. The summed E-state index contributed by atoms with van der Waals surface area (Å²) in [6.07, 6.45) is 1.55. The number of phenols is 1. The topological polar surface area (TPSA) is 70.8 Å². The lowest BCUT2D eigenvalue weighted by atomic mass is 10.2. The highest BCUT2D eigenvalue weighted by molar-refractivity contribution is 5.97. The van der Waals surface area contributed by atoms with Crippen molar-refractivity contribution >= 4 is 11.6 Å². The fourth-order valence-electron chi connectivity index (χ4n) is 3.21. The number of amides is 1. The smallest absolute Gasteiger partial charge is 0.266 e. The van der Waals surface area contributed by atoms with Gasteiger partial charge in [0.15, 0.2) is 0 Å². The molecule has 6 heteroatoms. The first-order valence-electron chi connectivity index (χ1n) is 9.26. The number of nitrogens with zero attached hydrogens (tertiary/aromatic N) is 4. The predicted molar refractivity (Wildman–Crippen MR) is 109 cm³/mol. The third kappa shape index (κ3) is 4.90. The number of hydrogen-bond acceptors (Lipinski definition) is 5. The largest absolute Gasteiger partial charge is 0.508 e. The van der Waals surface area contributed by atoms with Gasteiger partial charge in [0.25, 0.3) is 5.91 Å². The van der Waals surface area contributed by atoms with Crippen LogP contribution in [0.5, 0.6) is 5.75 Å². The lowest BCUT2D eigenvalue weighted by Gasteiger charge is -2.34. The zero-order valence-electron chi connectivity index (χ0n) is 16.0. The molecule has 0 saturated carbocycles. The molecular formula is C22H24N4O2. The summed E-state index contributed by atoms with van der Waals surface area (Å²) in [6, 6.07) is 18.9. The van der Waals surface area contributed by atoms with E-state index < -0.39 is 0 Å². The first-order valence-corrected chi connectivity index (χ1v) is 9.26. The van der Waals surface area contributed by atoms with Crippen LogP contribution in [0.25, 0.3) is 0 Å². The van der Waals surface area contributed by atoms with E-state index >= 15 is 0 Å². The average Bonchev–Trinajstić information content (AvgIpc) is 2.73. The Kier molecular flexibility index (Phi) is 6.30. The molecule has 1 saturated heterocycles. The predicted octanol–water partition coefficient (Wildman–Crippen LogP) is 2.58. The Morgan fingerprint density at radius 1 is 1.11 bits per heavy atom. The van der Waals surface area contributed by atoms with Gasteiger partial charge in [0.05, 0.1) is 0 Å². The molecule has 1 aliphatic heterocycles. The number of benzene rings is 2. The van der Waals surface area contributed by atoms with E-state index in [2.05, 4.69) is 17.0 Å². The quantitative estimate of drug-likeness (QED) is 0.642. The molecule has 0 aromatic heterocycles. The van der Waals surface area contributed by atoms with E-state index in [1.165, 1.54) is 5.56 Å². The van der Waals surface area contributed by atoms with E-state index in [1.54, 1.807) is 47.3 Å². The lowest BCUT2D eigenvalue weighted by molar-refractivity contribution is -0.128. The Bertz CT molecular complexity index is 864. The maximum absolute atomic E-state index is 12.8. The highest BCUT2D eigenvalue weighted by Gasteiger charge is 2.24. The van der Waals surface area contributed by atoms with Gasteiger partial charge in [-0.25, -0.2) is 0 Å². The highest BCUT2D eigenvalue weighted by atomic mass is 16.3. The van der Waals surface area contributed by atoms with Gasteiger partial charge in [0.1, 0.15) is 17.4 Å². The molecule has 2 aromatic carbocycles. The number of aromatic hydroxyl groups is 1. The van der Waals surface area contributed by atoms with Crippen molar-refractivity contribution < 1.29 is 9.90 Å². The van der Waals surface area contributed by atoms with Gasteiger partial charge >= 0.3 is 0 Å². The molecule has 1 heterocycles. The summed E-state index contributed by atoms with van der Waals surface area (Å²) in [5.41, 5.74) is 2.15. The third-order valence-corrected chi connectivity index (χ3v) is 4.84. The van der Waals surface area contributed by atoms with E-state index in [0.29, 0.717) is 13.1 Å². The van der Waals surface area contributed by atoms with Crippen molar-refractivity contribution in [3.8, 4) is 11.8 Å². The number of rotatable bonds is 5. The van der Waals surface area contributed by atoms with Crippen LogP contribution in [-0.2, 0) is 11.3 Å². The average molecular weight is 376 g/mol. The zero-order valence-corrected chi connectivity index (χ0v) is 16.0. The molecule has 0 atom stereocenters. The second kappa shape index (κ2) is 9.07. The second-order valence-corrected chi connectivity index (χ2v) is 6.84. The fourth-order valence-corrected chi connectivity index (χ4v) is 3.21. The molecule has 0 bridgehead atoms. The maximum atomic E-state index is 12.8. The van der Waals surface area contributed by atoms with Gasteiger partial charge in [0.2, 0.25) is 0 Å². The summed E-state index contributed by atoms with van der Waals surface area (Å²) in [7, 11) is 1.77. The molecule has 3 rings (SSSR count). The summed E-state index contributed by atoms with van der Waals surface area (Å²) in [4.78, 5) is 18.5. The SMILES string of the molecule is CN(/C=C(/C#N)C(=O)N1CCN(Cc2ccccc2)CC1)c1ccc(O)cc1. The van der Waals surface area contributed by atoms with Crippen LogP contribution < -0.4 is 4.90 Å². The Morgan fingerprint density at radius 2 is 1.75 bits per heavy atom. The van der Waals surface area contributed by atoms with Crippen molar-refractivity contribution in [1.82, 2.24) is 9.80 Å². The number of phenolic OH excluding ortho intramolecular Hbond substituents is 1. The van der Waals surface area contributed by atoms with Crippen LogP contribution in [0.4, 0.5) is 5.69 Å². The zero-order chi connectivity index (χ0) is 19.9. The summed E-state index contributed by atoms with van der Waals surface area (Å²) < 4.78 is 0. The summed E-state index contributed by atoms with van der Waals surface area (Å²) >= 11 is 0. The van der Waals surface area contributed by atoms with Crippen LogP contribution in [0.3, 0.4) is 0 Å². The fraction of sp³-hybridized carbons (Fsp3) is 0.273. The van der Waals surface area contributed by atoms with Gasteiger partial charge in [-0.2, -0.15) is 5.26 Å². The summed E-state index contributed by atoms with van der Waals surface area (Å²) in [5, 5.41) is 18.9. The van der Waals surface area contributed by atoms with E-state index in [9.17, 15) is 15.2 Å². The van der Waals surface area contributed by atoms with Crippen molar-refractivity contribution in [2.75, 3.05) is 38.1 Å². The van der Waals surface area contributed by atoms with Crippen LogP contribution >= 0.6 is 0 Å². The van der Waals surface area contributed by atoms with Crippen LogP contribution in [0.1, 0.15) is 5.56 Å². The van der Waals surface area contributed by atoms with Gasteiger partial charge in [-0.05, 0) is 29.8 Å². The molecule has 6 nitrogen and oxygen atoms in total. The molecule has 2 aromatic rings. The standard InChI is InChI=1S/C22H24N4O2/c1-24(20-7-9-21(27)10-8-20)17-19(15-23)22(28)26-13-11-25(12-14-26)16-18-5-3-2-4-6-18/h2-10,17,27H,11-14,16H2,1H3/b19-17-. The lowest BCUT2D eigenvalue weighted by Crippen LogP contribution is -2.48. The molecule has 1 aliphatic rings. The number of carbonyl (C=O) groups excluding carboxylic acids is 1. The molecular weight excluding hydrogens is 352 g/mol. The molecule has 1 amide bonds. The van der Waals surface area contributed by atoms with Gasteiger partial charge in [-0.3, -0.25) is 9.69 Å². The molecule has 144 valence electrons. The summed E-state index contributed by atoms with van der Waals surface area (Å²) in [5.74, 6) is -0.0708. The van der Waals surface area contributed by atoms with Gasteiger partial charge in [-0.15, -0.1) is 0 Å². The summed E-state index contributed by atoms with van der Waals surface area (Å²) in [6.45, 7) is 3.65. The normalized spacial score (nSPS) is 15.1.